The first-order chi connectivity index (χ1) is 18.0. The van der Waals surface area contributed by atoms with Crippen molar-refractivity contribution < 1.29 is 26.3 Å². The van der Waals surface area contributed by atoms with Crippen molar-refractivity contribution in [1.29, 1.82) is 0 Å². The Bertz CT molecular complexity index is 1290. The summed E-state index contributed by atoms with van der Waals surface area (Å²) in [5, 5.41) is 2.97. The van der Waals surface area contributed by atoms with Gasteiger partial charge in [-0.2, -0.15) is 31.3 Å². The maximum Gasteiger partial charge on any atom is 0.434 e. The fraction of sp³-hybridized carbons (Fsp3) is 0.458. The van der Waals surface area contributed by atoms with E-state index >= 15 is 0 Å². The van der Waals surface area contributed by atoms with E-state index in [1.807, 2.05) is 4.90 Å². The zero-order valence-corrected chi connectivity index (χ0v) is 20.3. The maximum atomic E-state index is 13.7. The SMILES string of the molecule is CC1CCCN1c1nc2c(c(Nc3cnc(C(F)(F)F)cn3)n1)CCN(c1ncccc1C(F)(F)F)CC2. The van der Waals surface area contributed by atoms with Crippen molar-refractivity contribution in [3.8, 4) is 0 Å². The summed E-state index contributed by atoms with van der Waals surface area (Å²) in [6, 6.07) is 2.45. The van der Waals surface area contributed by atoms with Crippen LogP contribution in [-0.4, -0.2) is 50.6 Å². The topological polar surface area (TPSA) is 83.0 Å². The molecule has 0 aromatic carbocycles. The van der Waals surface area contributed by atoms with Crippen LogP contribution in [0.15, 0.2) is 30.7 Å². The Kier molecular flexibility index (Phi) is 6.73. The highest BCUT2D eigenvalue weighted by molar-refractivity contribution is 5.60. The van der Waals surface area contributed by atoms with Crippen LogP contribution in [-0.2, 0) is 25.2 Å². The van der Waals surface area contributed by atoms with Crippen LogP contribution in [0.2, 0.25) is 0 Å². The Hall–Kier alpha value is -3.71. The smallest absolute Gasteiger partial charge is 0.355 e. The van der Waals surface area contributed by atoms with E-state index in [1.54, 1.807) is 4.90 Å². The quantitative estimate of drug-likeness (QED) is 0.463. The van der Waals surface area contributed by atoms with Crippen LogP contribution in [0.4, 0.5) is 49.7 Å². The Morgan fingerprint density at radius 3 is 2.37 bits per heavy atom. The summed E-state index contributed by atoms with van der Waals surface area (Å²) in [4.78, 5) is 24.4. The maximum absolute atomic E-state index is 13.7. The average Bonchev–Trinajstić information content (AvgIpc) is 3.17. The Balaban J connectivity index is 1.49. The Morgan fingerprint density at radius 2 is 1.71 bits per heavy atom. The summed E-state index contributed by atoms with van der Waals surface area (Å²) in [5.41, 5.74) is -0.623. The molecule has 0 amide bonds. The first-order valence-corrected chi connectivity index (χ1v) is 12.1. The number of hydrogen-bond donors (Lipinski definition) is 1. The highest BCUT2D eigenvalue weighted by atomic mass is 19.4. The number of nitrogens with one attached hydrogen (secondary N) is 1. The van der Waals surface area contributed by atoms with Crippen LogP contribution < -0.4 is 15.1 Å². The largest absolute Gasteiger partial charge is 0.434 e. The van der Waals surface area contributed by atoms with E-state index < -0.39 is 23.6 Å². The molecule has 1 unspecified atom stereocenters. The minimum Gasteiger partial charge on any atom is -0.355 e. The van der Waals surface area contributed by atoms with Crippen LogP contribution in [0.1, 0.15) is 42.3 Å². The Morgan fingerprint density at radius 1 is 0.921 bits per heavy atom. The van der Waals surface area contributed by atoms with Crippen LogP contribution >= 0.6 is 0 Å². The lowest BCUT2D eigenvalue weighted by atomic mass is 10.1. The highest BCUT2D eigenvalue weighted by Crippen LogP contribution is 2.37. The van der Waals surface area contributed by atoms with Gasteiger partial charge >= 0.3 is 12.4 Å². The number of nitrogens with zero attached hydrogens (tertiary/aromatic N) is 7. The zero-order valence-electron chi connectivity index (χ0n) is 20.3. The molecule has 8 nitrogen and oxygen atoms in total. The van der Waals surface area contributed by atoms with Gasteiger partial charge in [0.05, 0.1) is 23.7 Å². The molecule has 38 heavy (non-hydrogen) atoms. The fourth-order valence-corrected chi connectivity index (χ4v) is 4.79. The molecule has 3 aromatic heterocycles. The summed E-state index contributed by atoms with van der Waals surface area (Å²) >= 11 is 0. The number of pyridine rings is 1. The van der Waals surface area contributed by atoms with Crippen molar-refractivity contribution >= 4 is 23.4 Å². The lowest BCUT2D eigenvalue weighted by Gasteiger charge is -2.24. The summed E-state index contributed by atoms with van der Waals surface area (Å²) in [7, 11) is 0. The van der Waals surface area contributed by atoms with Gasteiger partial charge in [-0.3, -0.25) is 0 Å². The second-order valence-electron chi connectivity index (χ2n) is 9.25. The number of alkyl halides is 6. The van der Waals surface area contributed by atoms with E-state index in [4.69, 9.17) is 4.98 Å². The molecule has 5 heterocycles. The molecule has 3 aromatic rings. The third kappa shape index (κ3) is 5.29. The molecular weight excluding hydrogens is 514 g/mol. The average molecular weight is 539 g/mol. The van der Waals surface area contributed by atoms with E-state index in [9.17, 15) is 26.3 Å². The minimum absolute atomic E-state index is 0.0597. The minimum atomic E-state index is -4.62. The molecule has 0 spiro atoms. The van der Waals surface area contributed by atoms with Gasteiger partial charge in [0.2, 0.25) is 5.95 Å². The standard InChI is InChI=1S/C24H24F6N8/c1-14-4-3-9-38(14)22-34-17-7-11-37(21-16(23(25,26)27)5-2-8-31-21)10-6-15(17)20(36-22)35-19-13-32-18(12-33-19)24(28,29)30/h2,5,8,12-14H,3-4,6-7,9-11H2,1H3,(H,33,34,35,36). The molecule has 1 atom stereocenters. The molecule has 202 valence electrons. The van der Waals surface area contributed by atoms with E-state index in [0.717, 1.165) is 31.6 Å². The third-order valence-corrected chi connectivity index (χ3v) is 6.72. The fourth-order valence-electron chi connectivity index (χ4n) is 4.79. The molecule has 0 radical (unpaired) electrons. The van der Waals surface area contributed by atoms with Crippen LogP contribution in [0, 0.1) is 0 Å². The van der Waals surface area contributed by atoms with E-state index in [2.05, 4.69) is 32.2 Å². The molecule has 14 heteroatoms. The van der Waals surface area contributed by atoms with Gasteiger partial charge < -0.3 is 15.1 Å². The van der Waals surface area contributed by atoms with Crippen molar-refractivity contribution in [2.75, 3.05) is 34.8 Å². The predicted molar refractivity (Wildman–Crippen MR) is 127 cm³/mol. The number of fused-ring (bicyclic) bond motifs is 1. The van der Waals surface area contributed by atoms with Gasteiger partial charge in [-0.15, -0.1) is 0 Å². The number of halogens is 6. The van der Waals surface area contributed by atoms with Crippen molar-refractivity contribution in [3.05, 3.63) is 53.2 Å². The Labute approximate surface area is 214 Å². The zero-order chi connectivity index (χ0) is 27.1. The van der Waals surface area contributed by atoms with Gasteiger partial charge in [-0.05, 0) is 38.3 Å². The predicted octanol–water partition coefficient (Wildman–Crippen LogP) is 5.04. The van der Waals surface area contributed by atoms with Gasteiger partial charge in [0.15, 0.2) is 5.69 Å². The van der Waals surface area contributed by atoms with Gasteiger partial charge in [-0.1, -0.05) is 0 Å². The van der Waals surface area contributed by atoms with E-state index in [1.165, 1.54) is 12.3 Å². The van der Waals surface area contributed by atoms with Gasteiger partial charge in [-0.25, -0.2) is 19.9 Å². The summed E-state index contributed by atoms with van der Waals surface area (Å²) in [6.45, 7) is 3.26. The molecule has 2 aliphatic heterocycles. The van der Waals surface area contributed by atoms with Crippen LogP contribution in [0.3, 0.4) is 0 Å². The second kappa shape index (κ2) is 9.87. The number of aromatic nitrogens is 5. The highest BCUT2D eigenvalue weighted by Gasteiger charge is 2.36. The van der Waals surface area contributed by atoms with Crippen molar-refractivity contribution in [1.82, 2.24) is 24.9 Å². The summed E-state index contributed by atoms with van der Waals surface area (Å²) in [6.07, 6.45) is -3.72. The molecule has 5 rings (SSSR count). The lowest BCUT2D eigenvalue weighted by Crippen LogP contribution is -2.29. The van der Waals surface area contributed by atoms with E-state index in [-0.39, 0.29) is 37.2 Å². The van der Waals surface area contributed by atoms with Crippen molar-refractivity contribution in [2.45, 2.75) is 51.0 Å². The van der Waals surface area contributed by atoms with Gasteiger partial charge in [0, 0.05) is 43.9 Å². The number of rotatable bonds is 4. The molecule has 0 bridgehead atoms. The third-order valence-electron chi connectivity index (χ3n) is 6.72. The molecule has 0 saturated carbocycles. The summed E-state index contributed by atoms with van der Waals surface area (Å²) < 4.78 is 79.7. The van der Waals surface area contributed by atoms with Crippen molar-refractivity contribution in [2.24, 2.45) is 0 Å². The molecular formula is C24H24F6N8. The first-order valence-electron chi connectivity index (χ1n) is 12.1. The van der Waals surface area contributed by atoms with Crippen LogP contribution in [0.25, 0.3) is 0 Å². The normalized spacial score (nSPS) is 18.3. The van der Waals surface area contributed by atoms with Crippen LogP contribution in [0.5, 0.6) is 0 Å². The molecule has 0 aliphatic carbocycles. The molecule has 2 aliphatic rings. The second-order valence-corrected chi connectivity index (χ2v) is 9.25. The number of anilines is 4. The summed E-state index contributed by atoms with van der Waals surface area (Å²) in [5.74, 6) is 0.706. The number of hydrogen-bond acceptors (Lipinski definition) is 8. The monoisotopic (exact) mass is 538 g/mol. The first kappa shape index (κ1) is 25.9. The van der Waals surface area contributed by atoms with E-state index in [0.29, 0.717) is 35.6 Å². The van der Waals surface area contributed by atoms with Gasteiger partial charge in [0.1, 0.15) is 17.5 Å². The molecule has 1 saturated heterocycles. The molecule has 1 N–H and O–H groups in total. The van der Waals surface area contributed by atoms with Crippen molar-refractivity contribution in [3.63, 3.8) is 0 Å². The van der Waals surface area contributed by atoms with Gasteiger partial charge in [0.25, 0.3) is 0 Å². The lowest BCUT2D eigenvalue weighted by molar-refractivity contribution is -0.141. The molecule has 1 fully saturated rings.